The highest BCUT2D eigenvalue weighted by Crippen LogP contribution is 2.40. The quantitative estimate of drug-likeness (QED) is 0.698. The van der Waals surface area contributed by atoms with Gasteiger partial charge in [-0.1, -0.05) is 42.5 Å². The fourth-order valence-electron chi connectivity index (χ4n) is 4.70. The summed E-state index contributed by atoms with van der Waals surface area (Å²) in [7, 11) is 0. The third kappa shape index (κ3) is 4.66. The SMILES string of the molecule is O=C(CCc1cccc(F)c1)C1CC2CCC(C1)N2C(=O)OCc1ccccc1. The molecule has 0 saturated carbocycles. The lowest BCUT2D eigenvalue weighted by Crippen LogP contribution is -2.48. The Balaban J connectivity index is 1.30. The Bertz CT molecular complexity index is 855. The maximum atomic E-state index is 13.3. The molecule has 2 saturated heterocycles. The van der Waals surface area contributed by atoms with E-state index >= 15 is 0 Å². The summed E-state index contributed by atoms with van der Waals surface area (Å²) in [5.74, 6) is -0.0574. The Labute approximate surface area is 170 Å². The number of hydrogen-bond acceptors (Lipinski definition) is 3. The van der Waals surface area contributed by atoms with Crippen molar-refractivity contribution >= 4 is 11.9 Å². The molecule has 2 heterocycles. The van der Waals surface area contributed by atoms with Crippen molar-refractivity contribution in [3.63, 3.8) is 0 Å². The number of fused-ring (bicyclic) bond motifs is 2. The van der Waals surface area contributed by atoms with E-state index in [9.17, 15) is 14.0 Å². The highest BCUT2D eigenvalue weighted by Gasteiger charge is 2.45. The Morgan fingerprint density at radius 2 is 1.66 bits per heavy atom. The average Bonchev–Trinajstić information content (AvgIpc) is 3.00. The van der Waals surface area contributed by atoms with Crippen molar-refractivity contribution in [2.45, 2.75) is 57.2 Å². The maximum absolute atomic E-state index is 13.3. The van der Waals surface area contributed by atoms with Gasteiger partial charge in [0, 0.05) is 24.4 Å². The van der Waals surface area contributed by atoms with Crippen LogP contribution in [0.5, 0.6) is 0 Å². The van der Waals surface area contributed by atoms with E-state index in [0.717, 1.165) is 24.0 Å². The van der Waals surface area contributed by atoms with Crippen molar-refractivity contribution in [3.05, 3.63) is 71.5 Å². The summed E-state index contributed by atoms with van der Waals surface area (Å²) >= 11 is 0. The van der Waals surface area contributed by atoms with E-state index in [1.165, 1.54) is 12.1 Å². The first-order valence-corrected chi connectivity index (χ1v) is 10.4. The second kappa shape index (κ2) is 8.76. The van der Waals surface area contributed by atoms with E-state index in [0.29, 0.717) is 25.7 Å². The standard InChI is InChI=1S/C24H26FNO3/c25-20-8-4-7-17(13-20)9-12-23(27)19-14-21-10-11-22(15-19)26(21)24(28)29-16-18-5-2-1-3-6-18/h1-8,13,19,21-22H,9-12,14-16H2. The summed E-state index contributed by atoms with van der Waals surface area (Å²) in [6.07, 6.45) is 3.99. The fraction of sp³-hybridized carbons (Fsp3) is 0.417. The molecule has 2 atom stereocenters. The zero-order valence-corrected chi connectivity index (χ0v) is 16.4. The number of aryl methyl sites for hydroxylation is 1. The van der Waals surface area contributed by atoms with Gasteiger partial charge in [-0.3, -0.25) is 4.79 Å². The van der Waals surface area contributed by atoms with Gasteiger partial charge in [-0.2, -0.15) is 0 Å². The summed E-state index contributed by atoms with van der Waals surface area (Å²) in [4.78, 5) is 27.2. The van der Waals surface area contributed by atoms with E-state index in [2.05, 4.69) is 0 Å². The monoisotopic (exact) mass is 395 g/mol. The van der Waals surface area contributed by atoms with Gasteiger partial charge in [-0.25, -0.2) is 9.18 Å². The minimum atomic E-state index is -0.271. The lowest BCUT2D eigenvalue weighted by Gasteiger charge is -2.37. The number of rotatable bonds is 6. The molecule has 2 unspecified atom stereocenters. The van der Waals surface area contributed by atoms with Crippen molar-refractivity contribution in [2.75, 3.05) is 0 Å². The van der Waals surface area contributed by atoms with Gasteiger partial charge in [0.1, 0.15) is 18.2 Å². The lowest BCUT2D eigenvalue weighted by atomic mass is 9.85. The number of amides is 1. The van der Waals surface area contributed by atoms with Crippen molar-refractivity contribution in [3.8, 4) is 0 Å². The predicted molar refractivity (Wildman–Crippen MR) is 108 cm³/mol. The van der Waals surface area contributed by atoms with Gasteiger partial charge in [0.05, 0.1) is 0 Å². The van der Waals surface area contributed by atoms with Crippen molar-refractivity contribution in [1.29, 1.82) is 0 Å². The second-order valence-electron chi connectivity index (χ2n) is 8.10. The number of nitrogens with zero attached hydrogens (tertiary/aromatic N) is 1. The van der Waals surface area contributed by atoms with Crippen LogP contribution in [0.4, 0.5) is 9.18 Å². The van der Waals surface area contributed by atoms with Crippen LogP contribution in [0.2, 0.25) is 0 Å². The molecule has 2 aliphatic rings. The summed E-state index contributed by atoms with van der Waals surface area (Å²) in [6.45, 7) is 0.269. The number of hydrogen-bond donors (Lipinski definition) is 0. The maximum Gasteiger partial charge on any atom is 0.410 e. The second-order valence-corrected chi connectivity index (χ2v) is 8.10. The van der Waals surface area contributed by atoms with Gasteiger partial charge in [0.2, 0.25) is 0 Å². The molecule has 4 rings (SSSR count). The molecule has 2 aromatic rings. The van der Waals surface area contributed by atoms with Gasteiger partial charge in [-0.05, 0) is 55.4 Å². The summed E-state index contributed by atoms with van der Waals surface area (Å²) in [5, 5.41) is 0. The zero-order chi connectivity index (χ0) is 20.2. The smallest absolute Gasteiger partial charge is 0.410 e. The fourth-order valence-corrected chi connectivity index (χ4v) is 4.70. The van der Waals surface area contributed by atoms with Crippen LogP contribution in [0.3, 0.4) is 0 Å². The molecule has 29 heavy (non-hydrogen) atoms. The van der Waals surface area contributed by atoms with Gasteiger partial charge < -0.3 is 9.64 Å². The average molecular weight is 395 g/mol. The molecule has 2 fully saturated rings. The number of benzene rings is 2. The number of piperidine rings is 1. The van der Waals surface area contributed by atoms with Crippen LogP contribution in [0, 0.1) is 11.7 Å². The summed E-state index contributed by atoms with van der Waals surface area (Å²) in [5.41, 5.74) is 1.82. The third-order valence-corrected chi connectivity index (χ3v) is 6.15. The largest absolute Gasteiger partial charge is 0.445 e. The molecule has 1 amide bonds. The van der Waals surface area contributed by atoms with E-state index in [1.54, 1.807) is 6.07 Å². The predicted octanol–water partition coefficient (Wildman–Crippen LogP) is 4.91. The Morgan fingerprint density at radius 1 is 0.966 bits per heavy atom. The van der Waals surface area contributed by atoms with Crippen LogP contribution in [0.1, 0.15) is 43.2 Å². The van der Waals surface area contributed by atoms with Crippen LogP contribution in [-0.2, 0) is 22.6 Å². The van der Waals surface area contributed by atoms with Gasteiger partial charge in [0.15, 0.2) is 0 Å². The molecular formula is C24H26FNO3. The van der Waals surface area contributed by atoms with E-state index < -0.39 is 0 Å². The van der Waals surface area contributed by atoms with E-state index in [4.69, 9.17) is 4.74 Å². The van der Waals surface area contributed by atoms with Crippen LogP contribution in [-0.4, -0.2) is 28.9 Å². The molecule has 2 aliphatic heterocycles. The first-order valence-electron chi connectivity index (χ1n) is 10.4. The molecule has 0 aliphatic carbocycles. The van der Waals surface area contributed by atoms with Gasteiger partial charge in [-0.15, -0.1) is 0 Å². The Hall–Kier alpha value is -2.69. The molecule has 0 radical (unpaired) electrons. The zero-order valence-electron chi connectivity index (χ0n) is 16.4. The minimum Gasteiger partial charge on any atom is -0.445 e. The molecule has 0 spiro atoms. The van der Waals surface area contributed by atoms with E-state index in [-0.39, 0.29) is 42.3 Å². The molecular weight excluding hydrogens is 369 g/mol. The molecule has 152 valence electrons. The van der Waals surface area contributed by atoms with E-state index in [1.807, 2.05) is 41.3 Å². The number of ether oxygens (including phenoxy) is 1. The molecule has 0 aromatic heterocycles. The highest BCUT2D eigenvalue weighted by molar-refractivity contribution is 5.82. The Kier molecular flexibility index (Phi) is 5.93. The summed E-state index contributed by atoms with van der Waals surface area (Å²) in [6, 6.07) is 16.2. The van der Waals surface area contributed by atoms with Gasteiger partial charge in [0.25, 0.3) is 0 Å². The molecule has 0 N–H and O–H groups in total. The Morgan fingerprint density at radius 3 is 2.34 bits per heavy atom. The number of ketones is 1. The highest BCUT2D eigenvalue weighted by atomic mass is 19.1. The number of carbonyl (C=O) groups excluding carboxylic acids is 2. The lowest BCUT2D eigenvalue weighted by molar-refractivity contribution is -0.125. The third-order valence-electron chi connectivity index (χ3n) is 6.15. The summed E-state index contributed by atoms with van der Waals surface area (Å²) < 4.78 is 18.8. The first-order chi connectivity index (χ1) is 14.1. The van der Waals surface area contributed by atoms with Crippen LogP contribution < -0.4 is 0 Å². The van der Waals surface area contributed by atoms with Crippen LogP contribution in [0.15, 0.2) is 54.6 Å². The number of halogens is 1. The molecule has 2 bridgehead atoms. The van der Waals surface area contributed by atoms with Crippen molar-refractivity contribution in [1.82, 2.24) is 4.90 Å². The first kappa shape index (κ1) is 19.6. The number of carbonyl (C=O) groups is 2. The minimum absolute atomic E-state index is 0.0146. The molecule has 2 aromatic carbocycles. The topological polar surface area (TPSA) is 46.6 Å². The van der Waals surface area contributed by atoms with Crippen LogP contribution >= 0.6 is 0 Å². The van der Waals surface area contributed by atoms with Crippen LogP contribution in [0.25, 0.3) is 0 Å². The number of Topliss-reactive ketones (excluding diaryl/α,β-unsaturated/α-hetero) is 1. The molecule has 5 heteroatoms. The van der Waals surface area contributed by atoms with Crippen molar-refractivity contribution in [2.24, 2.45) is 5.92 Å². The van der Waals surface area contributed by atoms with Crippen molar-refractivity contribution < 1.29 is 18.7 Å². The van der Waals surface area contributed by atoms with Gasteiger partial charge >= 0.3 is 6.09 Å². The normalized spacial score (nSPS) is 23.1. The molecule has 4 nitrogen and oxygen atoms in total.